The zero-order valence-corrected chi connectivity index (χ0v) is 50.9. The molecule has 0 saturated carbocycles. The van der Waals surface area contributed by atoms with Crippen LogP contribution in [-0.2, 0) is 99.6 Å². The smallest absolute Gasteiger partial charge is 0.335 e. The standard InChI is InChI=1S/C53H86N2O39/c1-12-35(87-50-33(73)30(70)39(78-5)43(93-50)45(75)76)41(90-47-22(55-14(3)61)38(77-4)25(65)17(7-57)82-47)34(74)51(81-12)88-36-19(9-59)85-46(21(27(36)67)54-13(2)60)92-42-28(68)24(64)16(6-56)83-52(42)91-40-26(66)18(8-58)84-53(44(40)94-49-31(71)23(63)15(62)10-79-49)89-37-20-11-80-48(86-20)32(72)29(37)69/h12,15-44,46-53,56-59,62-74H,6-11H2,1-5H3,(H,54,60)(H,55,61)(H,75,76)/t12-,15+,16+,17+,18+,19+,20+,21+,22+,23-,24+,25-,26+,27+,28-,29+,30+,31+,32+,33+,34-,35+,36+,37+,38+,39-,40-,41-,42-,43-,44-,46-,47+,48+,49-,50+,51-,52+,53-/m0/s1. The van der Waals surface area contributed by atoms with E-state index in [4.69, 9.17) is 85.3 Å². The molecule has 41 heteroatoms. The zero-order valence-electron chi connectivity index (χ0n) is 50.9. The Morgan fingerprint density at radius 2 is 0.840 bits per heavy atom. The summed E-state index contributed by atoms with van der Waals surface area (Å²) >= 11 is 0. The van der Waals surface area contributed by atoms with Crippen LogP contribution in [0.15, 0.2) is 0 Å². The zero-order chi connectivity index (χ0) is 68.6. The van der Waals surface area contributed by atoms with E-state index in [1.54, 1.807) is 0 Å². The topological polar surface area (TPSA) is 606 Å². The van der Waals surface area contributed by atoms with Gasteiger partial charge in [0, 0.05) is 28.1 Å². The monoisotopic (exact) mass is 1370 g/mol. The van der Waals surface area contributed by atoms with Crippen molar-refractivity contribution in [2.45, 2.75) is 260 Å². The van der Waals surface area contributed by atoms with Crippen molar-refractivity contribution in [3.05, 3.63) is 0 Å². The Labute approximate surface area is 533 Å². The molecule has 0 aliphatic carbocycles. The predicted octanol–water partition coefficient (Wildman–Crippen LogP) is -14.1. The van der Waals surface area contributed by atoms with Crippen LogP contribution in [-0.4, -0.2) is 403 Å². The Hall–Kier alpha value is -2.99. The lowest BCUT2D eigenvalue weighted by atomic mass is 9.94. The van der Waals surface area contributed by atoms with E-state index in [0.29, 0.717) is 0 Å². The van der Waals surface area contributed by atoms with Gasteiger partial charge in [0.05, 0.1) is 45.7 Å². The fourth-order valence-electron chi connectivity index (χ4n) is 12.7. The van der Waals surface area contributed by atoms with Crippen molar-refractivity contribution in [3.63, 3.8) is 0 Å². The lowest BCUT2D eigenvalue weighted by Crippen LogP contribution is -2.71. The number of hydrogen-bond acceptors (Lipinski definition) is 38. The number of rotatable bonds is 23. The number of ether oxygens (including phenoxy) is 18. The third kappa shape index (κ3) is 15.5. The Morgan fingerprint density at radius 1 is 0.383 bits per heavy atom. The fourth-order valence-corrected chi connectivity index (χ4v) is 12.7. The van der Waals surface area contributed by atoms with Crippen molar-refractivity contribution < 1.29 is 192 Å². The van der Waals surface area contributed by atoms with Gasteiger partial charge >= 0.3 is 5.97 Å². The first-order valence-electron chi connectivity index (χ1n) is 30.1. The summed E-state index contributed by atoms with van der Waals surface area (Å²) in [5.74, 6) is -3.32. The number of aliphatic carboxylic acids is 1. The number of carbonyl (C=O) groups excluding carboxylic acids is 2. The molecule has 2 bridgehead atoms. The highest BCUT2D eigenvalue weighted by molar-refractivity contribution is 5.74. The van der Waals surface area contributed by atoms with Gasteiger partial charge in [0.2, 0.25) is 11.8 Å². The number of carbonyl (C=O) groups is 3. The molecule has 0 aromatic heterocycles. The number of carboxylic acid groups (broad SMARTS) is 1. The normalized spacial score (nSPS) is 50.8. The Kier molecular flexibility index (Phi) is 25.7. The Bertz CT molecular complexity index is 2450. The summed E-state index contributed by atoms with van der Waals surface area (Å²) in [6, 6.07) is -3.41. The summed E-state index contributed by atoms with van der Waals surface area (Å²) in [5.41, 5.74) is 0. The number of methoxy groups -OCH3 is 2. The number of aliphatic hydroxyl groups excluding tert-OH is 17. The quantitative estimate of drug-likeness (QED) is 0.0452. The van der Waals surface area contributed by atoms with Crippen LogP contribution >= 0.6 is 0 Å². The SMILES string of the molecule is CO[C@H]1[C@@H](O)[C@@H](CO)O[C@H](O[C@H]2[C@H](O)[C@H](O[C@H]3[C@H](O)[C@@H](NC(C)=O)[C@H](O[C@@H]4[C@@H](O[C@H]5[C@H](O)[C@@H](CO)O[C@@H](O[C@H]6[C@H](O)[C@@H](O)[C@@H]7OC[C@H]6O7)[C@H]5O[C@@H]5OC[C@@H](O)[C@H](O)[C@H]5O)O[C@H](CO)[C@@H](O)[C@@H]4O)O[C@@H]3CO)O[C@@H](C)[C@H]2O[C@@H]2O[C@H](C(=O)O)[C@@H](OC)[C@H](O)[C@H]2O)[C@@H]1NC(C)=O. The second-order valence-electron chi connectivity index (χ2n) is 24.0. The van der Waals surface area contributed by atoms with Crippen molar-refractivity contribution in [2.24, 2.45) is 0 Å². The molecule has 2 amide bonds. The second-order valence-corrected chi connectivity index (χ2v) is 24.0. The Morgan fingerprint density at radius 3 is 1.45 bits per heavy atom. The van der Waals surface area contributed by atoms with Crippen LogP contribution in [0.5, 0.6) is 0 Å². The lowest BCUT2D eigenvalue weighted by Gasteiger charge is -2.52. The van der Waals surface area contributed by atoms with Crippen molar-refractivity contribution in [1.29, 1.82) is 0 Å². The van der Waals surface area contributed by atoms with E-state index < -0.39 is 290 Å². The number of fused-ring (bicyclic) bond motifs is 2. The van der Waals surface area contributed by atoms with Gasteiger partial charge in [-0.15, -0.1) is 0 Å². The minimum absolute atomic E-state index is 0.247. The molecule has 0 aromatic carbocycles. The van der Waals surface area contributed by atoms with Crippen molar-refractivity contribution in [1.82, 2.24) is 10.6 Å². The van der Waals surface area contributed by atoms with Gasteiger partial charge < -0.3 is 188 Å². The van der Waals surface area contributed by atoms with E-state index in [-0.39, 0.29) is 6.61 Å². The lowest BCUT2D eigenvalue weighted by molar-refractivity contribution is -0.408. The van der Waals surface area contributed by atoms with Crippen molar-refractivity contribution in [2.75, 3.05) is 53.9 Å². The molecular weight excluding hydrogens is 1290 g/mol. The summed E-state index contributed by atoms with van der Waals surface area (Å²) < 4.78 is 106. The number of amides is 2. The van der Waals surface area contributed by atoms with Gasteiger partial charge in [-0.3, -0.25) is 9.59 Å². The largest absolute Gasteiger partial charge is 0.479 e. The minimum atomic E-state index is -2.27. The molecule has 94 heavy (non-hydrogen) atoms. The molecule has 41 nitrogen and oxygen atoms in total. The van der Waals surface area contributed by atoms with Crippen molar-refractivity contribution in [3.8, 4) is 0 Å². The third-order valence-corrected chi connectivity index (χ3v) is 17.7. The summed E-state index contributed by atoms with van der Waals surface area (Å²) in [5, 5.41) is 205. The van der Waals surface area contributed by atoms with E-state index >= 15 is 0 Å². The first kappa shape index (κ1) is 75.2. The molecule has 20 N–H and O–H groups in total. The molecule has 0 spiro atoms. The fraction of sp³-hybridized carbons (Fsp3) is 0.943. The number of carboxylic acids is 1. The first-order valence-corrected chi connectivity index (χ1v) is 30.1. The van der Waals surface area contributed by atoms with Crippen LogP contribution in [0.25, 0.3) is 0 Å². The maximum absolute atomic E-state index is 13.1. The molecule has 39 atom stereocenters. The molecule has 0 radical (unpaired) electrons. The molecule has 0 unspecified atom stereocenters. The van der Waals surface area contributed by atoms with Crippen LogP contribution in [0.1, 0.15) is 20.8 Å². The molecule has 9 aliphatic heterocycles. The summed E-state index contributed by atoms with van der Waals surface area (Å²) in [4.78, 5) is 38.1. The highest BCUT2D eigenvalue weighted by Gasteiger charge is 2.61. The van der Waals surface area contributed by atoms with Crippen LogP contribution < -0.4 is 10.6 Å². The third-order valence-electron chi connectivity index (χ3n) is 17.7. The number of nitrogens with one attached hydrogen (secondary N) is 2. The molecule has 9 aliphatic rings. The van der Waals surface area contributed by atoms with E-state index in [1.165, 1.54) is 6.92 Å². The van der Waals surface area contributed by atoms with Crippen LogP contribution in [0.4, 0.5) is 0 Å². The van der Waals surface area contributed by atoms with E-state index in [2.05, 4.69) is 10.6 Å². The summed E-state index contributed by atoms with van der Waals surface area (Å²) in [6.45, 7) is -1.70. The van der Waals surface area contributed by atoms with Gasteiger partial charge in [0.1, 0.15) is 177 Å². The highest BCUT2D eigenvalue weighted by atomic mass is 16.8. The summed E-state index contributed by atoms with van der Waals surface area (Å²) in [7, 11) is 2.18. The average Bonchev–Trinajstić information content (AvgIpc) is 0.861. The molecule has 9 saturated heterocycles. The Balaban J connectivity index is 1.01. The van der Waals surface area contributed by atoms with Crippen LogP contribution in [0, 0.1) is 0 Å². The van der Waals surface area contributed by atoms with E-state index in [0.717, 1.165) is 28.1 Å². The van der Waals surface area contributed by atoms with Crippen LogP contribution in [0.3, 0.4) is 0 Å². The highest BCUT2D eigenvalue weighted by Crippen LogP contribution is 2.41. The molecule has 9 fully saturated rings. The van der Waals surface area contributed by atoms with Crippen LogP contribution in [0.2, 0.25) is 0 Å². The average molecular weight is 1380 g/mol. The summed E-state index contributed by atoms with van der Waals surface area (Å²) in [6.07, 6.45) is -69.5. The van der Waals surface area contributed by atoms with Gasteiger partial charge in [-0.2, -0.15) is 0 Å². The van der Waals surface area contributed by atoms with Gasteiger partial charge in [-0.1, -0.05) is 0 Å². The second kappa shape index (κ2) is 32.1. The number of hydrogen-bond donors (Lipinski definition) is 20. The van der Waals surface area contributed by atoms with Gasteiger partial charge in [0.15, 0.2) is 56.4 Å². The predicted molar refractivity (Wildman–Crippen MR) is 287 cm³/mol. The van der Waals surface area contributed by atoms with E-state index in [9.17, 15) is 106 Å². The molecular formula is C53H86N2O39. The molecule has 542 valence electrons. The van der Waals surface area contributed by atoms with Crippen molar-refractivity contribution >= 4 is 17.8 Å². The molecule has 9 heterocycles. The maximum Gasteiger partial charge on any atom is 0.335 e. The van der Waals surface area contributed by atoms with Gasteiger partial charge in [-0.05, 0) is 6.92 Å². The molecule has 0 aromatic rings. The first-order chi connectivity index (χ1) is 44.6. The number of aliphatic hydroxyl groups is 17. The molecule has 9 rings (SSSR count). The maximum atomic E-state index is 13.1. The van der Waals surface area contributed by atoms with Gasteiger partial charge in [-0.25, -0.2) is 4.79 Å². The van der Waals surface area contributed by atoms with Gasteiger partial charge in [0.25, 0.3) is 0 Å². The van der Waals surface area contributed by atoms with E-state index in [1.807, 2.05) is 0 Å². The minimum Gasteiger partial charge on any atom is -0.479 e.